The van der Waals surface area contributed by atoms with Gasteiger partial charge in [-0.25, -0.2) is 8.78 Å². The van der Waals surface area contributed by atoms with Gasteiger partial charge in [0.25, 0.3) is 0 Å². The molecule has 1 heterocycles. The Hall–Kier alpha value is -1.68. The van der Waals surface area contributed by atoms with Crippen molar-refractivity contribution in [2.24, 2.45) is 0 Å². The van der Waals surface area contributed by atoms with Crippen molar-refractivity contribution in [3.63, 3.8) is 0 Å². The molecule has 4 heteroatoms. The molecule has 0 radical (unpaired) electrons. The minimum absolute atomic E-state index is 0.234. The zero-order valence-corrected chi connectivity index (χ0v) is 9.41. The molecule has 0 saturated carbocycles. The third kappa shape index (κ3) is 2.71. The Balaban J connectivity index is 2.23. The summed E-state index contributed by atoms with van der Waals surface area (Å²) in [5, 5.41) is 2.99. The smallest absolute Gasteiger partial charge is 0.130 e. The van der Waals surface area contributed by atoms with E-state index in [0.717, 1.165) is 11.8 Å². The van der Waals surface area contributed by atoms with Gasteiger partial charge in [0.15, 0.2) is 0 Å². The van der Waals surface area contributed by atoms with Gasteiger partial charge in [-0.2, -0.15) is 0 Å². The standard InChI is InChI=1S/C13H13F2NO/c1-16-13(8-10-3-2-6-17-10)11-5-4-9(14)7-12(11)15/h2-7,13,16H,8H2,1H3. The highest BCUT2D eigenvalue weighted by molar-refractivity contribution is 5.23. The van der Waals surface area contributed by atoms with Gasteiger partial charge < -0.3 is 9.73 Å². The first kappa shape index (κ1) is 11.8. The number of benzene rings is 1. The van der Waals surface area contributed by atoms with E-state index >= 15 is 0 Å². The molecular weight excluding hydrogens is 224 g/mol. The van der Waals surface area contributed by atoms with Crippen molar-refractivity contribution in [1.29, 1.82) is 0 Å². The second-order valence-corrected chi connectivity index (χ2v) is 3.79. The molecule has 0 aliphatic heterocycles. The van der Waals surface area contributed by atoms with E-state index in [1.54, 1.807) is 19.4 Å². The lowest BCUT2D eigenvalue weighted by atomic mass is 10.0. The van der Waals surface area contributed by atoms with E-state index in [2.05, 4.69) is 5.32 Å². The molecule has 0 aliphatic rings. The van der Waals surface area contributed by atoms with Gasteiger partial charge in [0.05, 0.1) is 6.26 Å². The van der Waals surface area contributed by atoms with Crippen molar-refractivity contribution >= 4 is 0 Å². The number of likely N-dealkylation sites (N-methyl/N-ethyl adjacent to an activating group) is 1. The van der Waals surface area contributed by atoms with E-state index in [-0.39, 0.29) is 6.04 Å². The summed E-state index contributed by atoms with van der Waals surface area (Å²) in [6.07, 6.45) is 2.09. The highest BCUT2D eigenvalue weighted by atomic mass is 19.1. The largest absolute Gasteiger partial charge is 0.469 e. The van der Waals surface area contributed by atoms with E-state index < -0.39 is 11.6 Å². The maximum Gasteiger partial charge on any atom is 0.130 e. The molecule has 1 N–H and O–H groups in total. The van der Waals surface area contributed by atoms with Crippen molar-refractivity contribution < 1.29 is 13.2 Å². The molecule has 2 aromatic rings. The Labute approximate surface area is 98.3 Å². The quantitative estimate of drug-likeness (QED) is 0.884. The SMILES string of the molecule is CNC(Cc1ccco1)c1ccc(F)cc1F. The monoisotopic (exact) mass is 237 g/mol. The average molecular weight is 237 g/mol. The minimum atomic E-state index is -0.570. The Bertz CT molecular complexity index is 482. The Kier molecular flexibility index (Phi) is 3.54. The van der Waals surface area contributed by atoms with Crippen LogP contribution in [0, 0.1) is 11.6 Å². The molecule has 0 aliphatic carbocycles. The van der Waals surface area contributed by atoms with E-state index in [0.29, 0.717) is 12.0 Å². The summed E-state index contributed by atoms with van der Waals surface area (Å²) in [5.74, 6) is -0.358. The molecule has 0 bridgehead atoms. The van der Waals surface area contributed by atoms with Crippen molar-refractivity contribution in [2.75, 3.05) is 7.05 Å². The Morgan fingerprint density at radius 3 is 2.71 bits per heavy atom. The van der Waals surface area contributed by atoms with Crippen LogP contribution >= 0.6 is 0 Å². The van der Waals surface area contributed by atoms with Gasteiger partial charge in [0.1, 0.15) is 17.4 Å². The van der Waals surface area contributed by atoms with Crippen LogP contribution in [-0.2, 0) is 6.42 Å². The van der Waals surface area contributed by atoms with E-state index in [1.165, 1.54) is 12.1 Å². The molecule has 1 aromatic carbocycles. The van der Waals surface area contributed by atoms with Gasteiger partial charge in [-0.3, -0.25) is 0 Å². The maximum atomic E-state index is 13.6. The molecule has 2 rings (SSSR count). The van der Waals surface area contributed by atoms with Crippen LogP contribution in [0.3, 0.4) is 0 Å². The van der Waals surface area contributed by atoms with E-state index in [9.17, 15) is 8.78 Å². The first-order valence-electron chi connectivity index (χ1n) is 5.35. The second-order valence-electron chi connectivity index (χ2n) is 3.79. The maximum absolute atomic E-state index is 13.6. The van der Waals surface area contributed by atoms with E-state index in [4.69, 9.17) is 4.42 Å². The number of furan rings is 1. The van der Waals surface area contributed by atoms with Crippen molar-refractivity contribution in [3.05, 3.63) is 59.6 Å². The van der Waals surface area contributed by atoms with Gasteiger partial charge >= 0.3 is 0 Å². The van der Waals surface area contributed by atoms with Crippen LogP contribution in [0.2, 0.25) is 0 Å². The number of rotatable bonds is 4. The molecule has 0 saturated heterocycles. The van der Waals surface area contributed by atoms with Crippen LogP contribution in [0.5, 0.6) is 0 Å². The third-order valence-electron chi connectivity index (χ3n) is 2.67. The van der Waals surface area contributed by atoms with Gasteiger partial charge in [-0.1, -0.05) is 6.07 Å². The molecule has 0 amide bonds. The molecule has 17 heavy (non-hydrogen) atoms. The van der Waals surface area contributed by atoms with Crippen LogP contribution in [0.1, 0.15) is 17.4 Å². The fourth-order valence-corrected chi connectivity index (χ4v) is 1.78. The van der Waals surface area contributed by atoms with Gasteiger partial charge in [-0.15, -0.1) is 0 Å². The summed E-state index contributed by atoms with van der Waals surface area (Å²) >= 11 is 0. The van der Waals surface area contributed by atoms with Crippen LogP contribution in [0.15, 0.2) is 41.0 Å². The van der Waals surface area contributed by atoms with Gasteiger partial charge in [-0.05, 0) is 25.2 Å². The van der Waals surface area contributed by atoms with Gasteiger partial charge in [0.2, 0.25) is 0 Å². The highest BCUT2D eigenvalue weighted by Crippen LogP contribution is 2.21. The second kappa shape index (κ2) is 5.10. The van der Waals surface area contributed by atoms with Crippen LogP contribution in [0.4, 0.5) is 8.78 Å². The van der Waals surface area contributed by atoms with Crippen molar-refractivity contribution in [2.45, 2.75) is 12.5 Å². The topological polar surface area (TPSA) is 25.2 Å². The van der Waals surface area contributed by atoms with Gasteiger partial charge in [0, 0.05) is 24.1 Å². The van der Waals surface area contributed by atoms with Crippen molar-refractivity contribution in [1.82, 2.24) is 5.32 Å². The summed E-state index contributed by atoms with van der Waals surface area (Å²) < 4.78 is 31.6. The highest BCUT2D eigenvalue weighted by Gasteiger charge is 2.16. The fraction of sp³-hybridized carbons (Fsp3) is 0.231. The molecule has 90 valence electrons. The summed E-state index contributed by atoms with van der Waals surface area (Å²) in [7, 11) is 1.73. The molecule has 1 atom stereocenters. The average Bonchev–Trinajstić information content (AvgIpc) is 2.79. The molecule has 2 nitrogen and oxygen atoms in total. The first-order valence-corrected chi connectivity index (χ1v) is 5.35. The van der Waals surface area contributed by atoms with E-state index in [1.807, 2.05) is 6.07 Å². The van der Waals surface area contributed by atoms with Crippen LogP contribution in [-0.4, -0.2) is 7.05 Å². The minimum Gasteiger partial charge on any atom is -0.469 e. The lowest BCUT2D eigenvalue weighted by Gasteiger charge is -2.16. The number of nitrogens with one attached hydrogen (secondary N) is 1. The predicted molar refractivity (Wildman–Crippen MR) is 60.6 cm³/mol. The molecule has 1 unspecified atom stereocenters. The molecule has 1 aromatic heterocycles. The number of hydrogen-bond donors (Lipinski definition) is 1. The van der Waals surface area contributed by atoms with Crippen LogP contribution in [0.25, 0.3) is 0 Å². The van der Waals surface area contributed by atoms with Crippen molar-refractivity contribution in [3.8, 4) is 0 Å². The summed E-state index contributed by atoms with van der Waals surface area (Å²) in [5.41, 5.74) is 0.435. The number of halogens is 2. The summed E-state index contributed by atoms with van der Waals surface area (Å²) in [4.78, 5) is 0. The normalized spacial score (nSPS) is 12.6. The van der Waals surface area contributed by atoms with Crippen LogP contribution < -0.4 is 5.32 Å². The lowest BCUT2D eigenvalue weighted by Crippen LogP contribution is -2.20. The Morgan fingerprint density at radius 2 is 2.12 bits per heavy atom. The third-order valence-corrected chi connectivity index (χ3v) is 2.67. The molecular formula is C13H13F2NO. The zero-order chi connectivity index (χ0) is 12.3. The first-order chi connectivity index (χ1) is 8.20. The Morgan fingerprint density at radius 1 is 1.29 bits per heavy atom. The summed E-state index contributed by atoms with van der Waals surface area (Å²) in [6, 6.07) is 6.97. The summed E-state index contributed by atoms with van der Waals surface area (Å²) in [6.45, 7) is 0. The molecule has 0 fully saturated rings. The number of hydrogen-bond acceptors (Lipinski definition) is 2. The lowest BCUT2D eigenvalue weighted by molar-refractivity contribution is 0.454. The zero-order valence-electron chi connectivity index (χ0n) is 9.41. The fourth-order valence-electron chi connectivity index (χ4n) is 1.78. The molecule has 0 spiro atoms. The predicted octanol–water partition coefficient (Wildman–Crippen LogP) is 3.06.